The van der Waals surface area contributed by atoms with E-state index in [1.807, 2.05) is 17.5 Å². The first-order valence-corrected chi connectivity index (χ1v) is 8.75. The van der Waals surface area contributed by atoms with E-state index in [1.54, 1.807) is 4.90 Å². The molecule has 0 N–H and O–H groups in total. The Bertz CT molecular complexity index is 758. The molecular formula is C15H13BrN4O2S. The summed E-state index contributed by atoms with van der Waals surface area (Å²) in [4.78, 5) is 23.0. The Morgan fingerprint density at radius 3 is 3.04 bits per heavy atom. The third kappa shape index (κ3) is 3.68. The fraction of sp³-hybridized carbons (Fsp3) is 0.333. The quantitative estimate of drug-likeness (QED) is 0.801. The molecule has 0 saturated carbocycles. The summed E-state index contributed by atoms with van der Waals surface area (Å²) in [5.74, 6) is 0.238. The summed E-state index contributed by atoms with van der Waals surface area (Å²) >= 11 is 4.78. The van der Waals surface area contributed by atoms with E-state index < -0.39 is 0 Å². The Balaban J connectivity index is 1.69. The second kappa shape index (κ2) is 7.06. The average Bonchev–Trinajstić information content (AvgIpc) is 3.01. The van der Waals surface area contributed by atoms with Crippen LogP contribution < -0.4 is 4.74 Å². The van der Waals surface area contributed by atoms with E-state index in [-0.39, 0.29) is 23.6 Å². The summed E-state index contributed by atoms with van der Waals surface area (Å²) in [5, 5.41) is 10.9. The SMILES string of the molecule is N#Cc1nccnc1O[C@H]1CCCN(C(=O)c2cc(Br)cs2)C1. The number of ether oxygens (including phenoxy) is 1. The summed E-state index contributed by atoms with van der Waals surface area (Å²) < 4.78 is 6.71. The maximum atomic E-state index is 12.5. The molecule has 3 heterocycles. The molecule has 118 valence electrons. The molecule has 0 aromatic carbocycles. The van der Waals surface area contributed by atoms with Crippen molar-refractivity contribution >= 4 is 33.2 Å². The maximum Gasteiger partial charge on any atom is 0.264 e. The molecule has 2 aromatic heterocycles. The molecule has 1 aliphatic rings. The number of piperidine rings is 1. The van der Waals surface area contributed by atoms with Gasteiger partial charge in [-0.3, -0.25) is 4.79 Å². The van der Waals surface area contributed by atoms with E-state index in [2.05, 4.69) is 25.9 Å². The largest absolute Gasteiger partial charge is 0.470 e. The third-order valence-electron chi connectivity index (χ3n) is 3.49. The summed E-state index contributed by atoms with van der Waals surface area (Å²) in [7, 11) is 0. The number of nitriles is 1. The van der Waals surface area contributed by atoms with Gasteiger partial charge in [-0.05, 0) is 34.8 Å². The van der Waals surface area contributed by atoms with Crippen LogP contribution in [0.2, 0.25) is 0 Å². The highest BCUT2D eigenvalue weighted by Crippen LogP contribution is 2.24. The molecule has 1 amide bonds. The second-order valence-electron chi connectivity index (χ2n) is 5.08. The predicted octanol–water partition coefficient (Wildman–Crippen LogP) is 2.86. The first kappa shape index (κ1) is 15.9. The molecule has 3 rings (SSSR count). The smallest absolute Gasteiger partial charge is 0.264 e. The van der Waals surface area contributed by atoms with Gasteiger partial charge in [0.2, 0.25) is 5.69 Å². The minimum Gasteiger partial charge on any atom is -0.470 e. The molecule has 1 atom stereocenters. The van der Waals surface area contributed by atoms with Gasteiger partial charge in [-0.15, -0.1) is 11.3 Å². The molecule has 1 aliphatic heterocycles. The molecule has 1 fully saturated rings. The molecule has 0 radical (unpaired) electrons. The highest BCUT2D eigenvalue weighted by Gasteiger charge is 2.27. The standard InChI is InChI=1S/C15H13BrN4O2S/c16-10-6-13(23-9-10)15(21)20-5-1-2-11(8-20)22-14-12(7-17)18-3-4-19-14/h3-4,6,9,11H,1-2,5,8H2/t11-/m0/s1. The van der Waals surface area contributed by atoms with Crippen LogP contribution in [0.25, 0.3) is 0 Å². The van der Waals surface area contributed by atoms with Gasteiger partial charge in [0, 0.05) is 28.8 Å². The molecule has 1 saturated heterocycles. The van der Waals surface area contributed by atoms with Gasteiger partial charge in [0.05, 0.1) is 11.4 Å². The number of hydrogen-bond acceptors (Lipinski definition) is 6. The first-order chi connectivity index (χ1) is 11.2. The van der Waals surface area contributed by atoms with E-state index >= 15 is 0 Å². The maximum absolute atomic E-state index is 12.5. The number of aromatic nitrogens is 2. The molecule has 2 aromatic rings. The minimum atomic E-state index is -0.181. The van der Waals surface area contributed by atoms with Gasteiger partial charge in [-0.2, -0.15) is 5.26 Å². The molecule has 0 bridgehead atoms. The van der Waals surface area contributed by atoms with Crippen LogP contribution in [-0.2, 0) is 0 Å². The van der Waals surface area contributed by atoms with Gasteiger partial charge < -0.3 is 9.64 Å². The Morgan fingerprint density at radius 1 is 1.48 bits per heavy atom. The topological polar surface area (TPSA) is 79.1 Å². The van der Waals surface area contributed by atoms with Crippen molar-refractivity contribution in [3.63, 3.8) is 0 Å². The summed E-state index contributed by atoms with van der Waals surface area (Å²) in [5.41, 5.74) is 0.165. The molecule has 6 nitrogen and oxygen atoms in total. The van der Waals surface area contributed by atoms with Crippen LogP contribution in [0.15, 0.2) is 28.3 Å². The summed E-state index contributed by atoms with van der Waals surface area (Å²) in [6.45, 7) is 1.19. The van der Waals surface area contributed by atoms with E-state index in [0.717, 1.165) is 17.3 Å². The van der Waals surface area contributed by atoms with Crippen LogP contribution in [-0.4, -0.2) is 40.0 Å². The molecule has 8 heteroatoms. The van der Waals surface area contributed by atoms with Crippen LogP contribution in [0.4, 0.5) is 0 Å². The van der Waals surface area contributed by atoms with Crippen molar-refractivity contribution in [2.45, 2.75) is 18.9 Å². The lowest BCUT2D eigenvalue weighted by atomic mass is 10.1. The fourth-order valence-corrected chi connectivity index (χ4v) is 3.84. The van der Waals surface area contributed by atoms with Crippen LogP contribution in [0.3, 0.4) is 0 Å². The van der Waals surface area contributed by atoms with Gasteiger partial charge in [-0.25, -0.2) is 9.97 Å². The van der Waals surface area contributed by atoms with Crippen molar-refractivity contribution in [1.82, 2.24) is 14.9 Å². The van der Waals surface area contributed by atoms with Gasteiger partial charge in [0.1, 0.15) is 12.2 Å². The lowest BCUT2D eigenvalue weighted by molar-refractivity contribution is 0.0530. The van der Waals surface area contributed by atoms with Crippen LogP contribution in [0.1, 0.15) is 28.2 Å². The van der Waals surface area contributed by atoms with Crippen molar-refractivity contribution in [1.29, 1.82) is 5.26 Å². The Morgan fingerprint density at radius 2 is 2.30 bits per heavy atom. The second-order valence-corrected chi connectivity index (χ2v) is 6.91. The average molecular weight is 393 g/mol. The van der Waals surface area contributed by atoms with Gasteiger partial charge in [0.15, 0.2) is 0 Å². The van der Waals surface area contributed by atoms with E-state index in [1.165, 1.54) is 23.7 Å². The highest BCUT2D eigenvalue weighted by atomic mass is 79.9. The minimum absolute atomic E-state index is 0.00801. The lowest BCUT2D eigenvalue weighted by Crippen LogP contribution is -2.44. The number of likely N-dealkylation sites (tertiary alicyclic amines) is 1. The number of thiophene rings is 1. The Kier molecular flexibility index (Phi) is 4.88. The number of nitrogens with zero attached hydrogens (tertiary/aromatic N) is 4. The Labute approximate surface area is 145 Å². The number of carbonyl (C=O) groups excluding carboxylic acids is 1. The molecule has 0 aliphatic carbocycles. The normalized spacial score (nSPS) is 17.6. The fourth-order valence-electron chi connectivity index (χ4n) is 2.45. The molecule has 23 heavy (non-hydrogen) atoms. The zero-order valence-electron chi connectivity index (χ0n) is 12.1. The van der Waals surface area contributed by atoms with Gasteiger partial charge in [-0.1, -0.05) is 0 Å². The number of rotatable bonds is 3. The third-order valence-corrected chi connectivity index (χ3v) is 5.17. The number of halogens is 1. The first-order valence-electron chi connectivity index (χ1n) is 7.08. The summed E-state index contributed by atoms with van der Waals surface area (Å²) in [6, 6.07) is 3.79. The van der Waals surface area contributed by atoms with Crippen LogP contribution in [0, 0.1) is 11.3 Å². The van der Waals surface area contributed by atoms with Gasteiger partial charge in [0.25, 0.3) is 11.8 Å². The van der Waals surface area contributed by atoms with Crippen molar-refractivity contribution < 1.29 is 9.53 Å². The number of amides is 1. The van der Waals surface area contributed by atoms with Crippen molar-refractivity contribution in [2.24, 2.45) is 0 Å². The highest BCUT2D eigenvalue weighted by molar-refractivity contribution is 9.10. The van der Waals surface area contributed by atoms with Crippen LogP contribution >= 0.6 is 27.3 Å². The number of hydrogen-bond donors (Lipinski definition) is 0. The molecular weight excluding hydrogens is 380 g/mol. The number of carbonyl (C=O) groups is 1. The monoisotopic (exact) mass is 392 g/mol. The van der Waals surface area contributed by atoms with Crippen molar-refractivity contribution in [2.75, 3.05) is 13.1 Å². The zero-order valence-corrected chi connectivity index (χ0v) is 14.5. The van der Waals surface area contributed by atoms with E-state index in [0.29, 0.717) is 18.0 Å². The van der Waals surface area contributed by atoms with Crippen molar-refractivity contribution in [3.05, 3.63) is 38.9 Å². The molecule has 0 spiro atoms. The van der Waals surface area contributed by atoms with E-state index in [4.69, 9.17) is 10.00 Å². The predicted molar refractivity (Wildman–Crippen MR) is 88.3 cm³/mol. The zero-order chi connectivity index (χ0) is 16.2. The van der Waals surface area contributed by atoms with Crippen molar-refractivity contribution in [3.8, 4) is 11.9 Å². The lowest BCUT2D eigenvalue weighted by Gasteiger charge is -2.32. The Hall–Kier alpha value is -1.98. The van der Waals surface area contributed by atoms with Gasteiger partial charge >= 0.3 is 0 Å². The van der Waals surface area contributed by atoms with E-state index in [9.17, 15) is 4.79 Å². The van der Waals surface area contributed by atoms with Crippen LogP contribution in [0.5, 0.6) is 5.88 Å². The summed E-state index contributed by atoms with van der Waals surface area (Å²) in [6.07, 6.45) is 4.44. The molecule has 0 unspecified atom stereocenters.